The van der Waals surface area contributed by atoms with Crippen molar-refractivity contribution in [1.82, 2.24) is 0 Å². The van der Waals surface area contributed by atoms with Crippen molar-refractivity contribution < 1.29 is 28.6 Å². The van der Waals surface area contributed by atoms with Crippen molar-refractivity contribution in [3.63, 3.8) is 0 Å². The van der Waals surface area contributed by atoms with Gasteiger partial charge >= 0.3 is 17.9 Å². The van der Waals surface area contributed by atoms with Crippen LogP contribution in [-0.4, -0.2) is 38.2 Å². The minimum atomic E-state index is -0.634. The lowest BCUT2D eigenvalue weighted by Crippen LogP contribution is -2.15. The van der Waals surface area contributed by atoms with Crippen molar-refractivity contribution in [3.8, 4) is 0 Å². The van der Waals surface area contributed by atoms with E-state index in [1.54, 1.807) is 0 Å². The molecule has 0 fully saturated rings. The molecule has 6 nitrogen and oxygen atoms in total. The van der Waals surface area contributed by atoms with Gasteiger partial charge in [0.2, 0.25) is 0 Å². The lowest BCUT2D eigenvalue weighted by Gasteiger charge is -2.14. The van der Waals surface area contributed by atoms with Gasteiger partial charge < -0.3 is 14.2 Å². The second kappa shape index (κ2) is 15.5. The van der Waals surface area contributed by atoms with Crippen LogP contribution in [0.2, 0.25) is 0 Å². The molecule has 1 unspecified atom stereocenters. The summed E-state index contributed by atoms with van der Waals surface area (Å²) in [5.74, 6) is -1.50. The number of esters is 3. The molecule has 0 saturated heterocycles. The quantitative estimate of drug-likeness (QED) is 0.136. The fraction of sp³-hybridized carbons (Fsp3) is 0.609. The van der Waals surface area contributed by atoms with Crippen LogP contribution in [0.5, 0.6) is 0 Å². The van der Waals surface area contributed by atoms with Crippen molar-refractivity contribution in [2.75, 3.05) is 20.3 Å². The molecule has 0 heterocycles. The monoisotopic (exact) mass is 408 g/mol. The Labute approximate surface area is 175 Å². The molecule has 1 atom stereocenters. The van der Waals surface area contributed by atoms with Crippen LogP contribution in [0.4, 0.5) is 0 Å². The third kappa shape index (κ3) is 11.3. The van der Waals surface area contributed by atoms with E-state index >= 15 is 0 Å². The number of unbranched alkanes of at least 4 members (excludes halogenated alkanes) is 2. The van der Waals surface area contributed by atoms with E-state index in [1.807, 2.05) is 6.92 Å². The fourth-order valence-corrected chi connectivity index (χ4v) is 2.44. The predicted octanol–water partition coefficient (Wildman–Crippen LogP) is 4.69. The van der Waals surface area contributed by atoms with E-state index in [4.69, 9.17) is 9.47 Å². The Hall–Kier alpha value is -2.37. The van der Waals surface area contributed by atoms with E-state index in [0.717, 1.165) is 38.5 Å². The van der Waals surface area contributed by atoms with Gasteiger partial charge in [0.1, 0.15) is 0 Å². The highest BCUT2D eigenvalue weighted by atomic mass is 16.5. The van der Waals surface area contributed by atoms with E-state index < -0.39 is 17.9 Å². The maximum atomic E-state index is 12.4. The van der Waals surface area contributed by atoms with Gasteiger partial charge in [-0.05, 0) is 37.8 Å². The zero-order chi connectivity index (χ0) is 22.2. The Balaban J connectivity index is 5.26. The fourth-order valence-electron chi connectivity index (χ4n) is 2.44. The molecule has 0 bridgehead atoms. The predicted molar refractivity (Wildman–Crippen MR) is 113 cm³/mol. The summed E-state index contributed by atoms with van der Waals surface area (Å²) in [5.41, 5.74) is 0.272. The lowest BCUT2D eigenvalue weighted by molar-refractivity contribution is -0.140. The van der Waals surface area contributed by atoms with Gasteiger partial charge in [0.15, 0.2) is 0 Å². The number of hydrogen-bond acceptors (Lipinski definition) is 6. The van der Waals surface area contributed by atoms with Crippen LogP contribution >= 0.6 is 0 Å². The second-order valence-corrected chi connectivity index (χ2v) is 6.95. The summed E-state index contributed by atoms with van der Waals surface area (Å²) in [5, 5.41) is 0. The Morgan fingerprint density at radius 1 is 0.931 bits per heavy atom. The van der Waals surface area contributed by atoms with Crippen molar-refractivity contribution in [2.24, 2.45) is 5.92 Å². The molecule has 0 aromatic carbocycles. The molecule has 0 aromatic heterocycles. The normalized spacial score (nSPS) is 12.9. The molecule has 0 amide bonds. The summed E-state index contributed by atoms with van der Waals surface area (Å²) >= 11 is 0. The molecule has 164 valence electrons. The average Bonchev–Trinajstić information content (AvgIpc) is 2.72. The molecule has 0 aliphatic carbocycles. The van der Waals surface area contributed by atoms with Crippen molar-refractivity contribution in [1.29, 1.82) is 0 Å². The van der Waals surface area contributed by atoms with E-state index in [9.17, 15) is 14.4 Å². The van der Waals surface area contributed by atoms with E-state index in [1.165, 1.54) is 26.2 Å². The van der Waals surface area contributed by atoms with E-state index in [2.05, 4.69) is 25.2 Å². The van der Waals surface area contributed by atoms with E-state index in [-0.39, 0.29) is 23.3 Å². The SMILES string of the molecule is C=C(/C=C(\C=C(/C)C(=O)OC)C(=O)OCCCC)C(=O)OCC(CC)CCCC. The molecule has 0 N–H and O–H groups in total. The molecular formula is C23H36O6. The van der Waals surface area contributed by atoms with Gasteiger partial charge in [-0.15, -0.1) is 0 Å². The highest BCUT2D eigenvalue weighted by Gasteiger charge is 2.16. The Bertz CT molecular complexity index is 615. The summed E-state index contributed by atoms with van der Waals surface area (Å²) in [6.45, 7) is 12.0. The first-order chi connectivity index (χ1) is 13.8. The first-order valence-electron chi connectivity index (χ1n) is 10.3. The lowest BCUT2D eigenvalue weighted by atomic mass is 10.0. The van der Waals surface area contributed by atoms with Crippen molar-refractivity contribution in [2.45, 2.75) is 66.2 Å². The number of carbonyl (C=O) groups excluding carboxylic acids is 3. The molecule has 0 aliphatic rings. The maximum Gasteiger partial charge on any atom is 0.338 e. The minimum absolute atomic E-state index is 0.0201. The summed E-state index contributed by atoms with van der Waals surface area (Å²) in [6.07, 6.45) is 8.31. The minimum Gasteiger partial charge on any atom is -0.466 e. The number of carbonyl (C=O) groups is 3. The topological polar surface area (TPSA) is 78.9 Å². The van der Waals surface area contributed by atoms with Crippen molar-refractivity contribution >= 4 is 17.9 Å². The number of ether oxygens (including phenoxy) is 3. The summed E-state index contributed by atoms with van der Waals surface area (Å²) in [6, 6.07) is 0. The van der Waals surface area contributed by atoms with Crippen LogP contribution in [0, 0.1) is 5.92 Å². The molecule has 0 saturated carbocycles. The average molecular weight is 409 g/mol. The van der Waals surface area contributed by atoms with Gasteiger partial charge in [-0.25, -0.2) is 14.4 Å². The van der Waals surface area contributed by atoms with Crippen LogP contribution in [0.25, 0.3) is 0 Å². The van der Waals surface area contributed by atoms with Gasteiger partial charge in [0, 0.05) is 5.57 Å². The molecule has 6 heteroatoms. The first kappa shape index (κ1) is 26.6. The van der Waals surface area contributed by atoms with Crippen LogP contribution in [0.15, 0.2) is 35.5 Å². The number of hydrogen-bond donors (Lipinski definition) is 0. The highest BCUT2D eigenvalue weighted by molar-refractivity contribution is 5.99. The van der Waals surface area contributed by atoms with Gasteiger partial charge in [0.05, 0.1) is 31.5 Å². The van der Waals surface area contributed by atoms with Crippen LogP contribution < -0.4 is 0 Å². The van der Waals surface area contributed by atoms with Crippen LogP contribution in [-0.2, 0) is 28.6 Å². The van der Waals surface area contributed by atoms with E-state index in [0.29, 0.717) is 12.5 Å². The molecule has 0 aliphatic heterocycles. The molecule has 0 radical (unpaired) electrons. The Morgan fingerprint density at radius 2 is 1.59 bits per heavy atom. The summed E-state index contributed by atoms with van der Waals surface area (Å²) in [4.78, 5) is 36.3. The highest BCUT2D eigenvalue weighted by Crippen LogP contribution is 2.15. The van der Waals surface area contributed by atoms with Gasteiger partial charge in [-0.1, -0.05) is 53.0 Å². The van der Waals surface area contributed by atoms with Gasteiger partial charge in [-0.3, -0.25) is 0 Å². The van der Waals surface area contributed by atoms with Crippen LogP contribution in [0.1, 0.15) is 66.2 Å². The van der Waals surface area contributed by atoms with Crippen LogP contribution in [0.3, 0.4) is 0 Å². The largest absolute Gasteiger partial charge is 0.466 e. The zero-order valence-corrected chi connectivity index (χ0v) is 18.5. The summed E-state index contributed by atoms with van der Waals surface area (Å²) in [7, 11) is 1.25. The molecule has 0 spiro atoms. The first-order valence-corrected chi connectivity index (χ1v) is 10.3. The van der Waals surface area contributed by atoms with Gasteiger partial charge in [0.25, 0.3) is 0 Å². The number of rotatable bonds is 14. The smallest absolute Gasteiger partial charge is 0.338 e. The Morgan fingerprint density at radius 3 is 2.14 bits per heavy atom. The maximum absolute atomic E-state index is 12.4. The standard InChI is InChI=1S/C23H36O6/c1-7-10-12-19(9-3)16-29-22(25)18(5)15-20(14-17(4)21(24)27-6)23(26)28-13-11-8-2/h14-15,19H,5,7-13,16H2,1-4,6H3/b17-14+,20-15+. The molecule has 29 heavy (non-hydrogen) atoms. The Kier molecular flexibility index (Phi) is 14.3. The van der Waals surface area contributed by atoms with Gasteiger partial charge in [-0.2, -0.15) is 0 Å². The second-order valence-electron chi connectivity index (χ2n) is 6.95. The molecule has 0 rings (SSSR count). The summed E-state index contributed by atoms with van der Waals surface area (Å²) < 4.78 is 15.2. The third-order valence-corrected chi connectivity index (χ3v) is 4.43. The number of methoxy groups -OCH3 is 1. The van der Waals surface area contributed by atoms with Crippen molar-refractivity contribution in [3.05, 3.63) is 35.5 Å². The molecular weight excluding hydrogens is 372 g/mol. The zero-order valence-electron chi connectivity index (χ0n) is 18.5. The molecule has 0 aromatic rings. The third-order valence-electron chi connectivity index (χ3n) is 4.43.